The van der Waals surface area contributed by atoms with Gasteiger partial charge in [-0.15, -0.1) is 0 Å². The van der Waals surface area contributed by atoms with Gasteiger partial charge in [0.25, 0.3) is 0 Å². The minimum atomic E-state index is -1.41. The van der Waals surface area contributed by atoms with Gasteiger partial charge < -0.3 is 14.6 Å². The van der Waals surface area contributed by atoms with Crippen LogP contribution in [0.25, 0.3) is 10.9 Å². The van der Waals surface area contributed by atoms with Crippen LogP contribution in [-0.2, 0) is 0 Å². The highest BCUT2D eigenvalue weighted by Crippen LogP contribution is 2.41. The zero-order valence-electron chi connectivity index (χ0n) is 16.2. The highest BCUT2D eigenvalue weighted by Gasteiger charge is 2.34. The van der Waals surface area contributed by atoms with Gasteiger partial charge in [-0.25, -0.2) is 13.6 Å². The molecule has 3 heterocycles. The summed E-state index contributed by atoms with van der Waals surface area (Å²) in [6.07, 6.45) is 3.35. The fraction of sp³-hybridized carbons (Fsp3) is 0.400. The van der Waals surface area contributed by atoms with Gasteiger partial charge in [0, 0.05) is 31.2 Å². The largest absolute Gasteiger partial charge is 0.477 e. The molecule has 0 radical (unpaired) electrons. The summed E-state index contributed by atoms with van der Waals surface area (Å²) in [7, 11) is 0. The summed E-state index contributed by atoms with van der Waals surface area (Å²) >= 11 is 0. The van der Waals surface area contributed by atoms with E-state index in [-0.39, 0.29) is 28.6 Å². The number of hydrogen-bond acceptors (Lipinski definition) is 5. The Labute approximate surface area is 169 Å². The van der Waals surface area contributed by atoms with Gasteiger partial charge in [-0.05, 0) is 32.3 Å². The number of hydrogen-bond donors (Lipinski definition) is 2. The molecular formula is C20H19F2N5O3. The van der Waals surface area contributed by atoms with E-state index in [0.29, 0.717) is 19.5 Å². The Morgan fingerprint density at radius 2 is 2.03 bits per heavy atom. The highest BCUT2D eigenvalue weighted by atomic mass is 19.1. The Morgan fingerprint density at radius 3 is 2.67 bits per heavy atom. The fourth-order valence-corrected chi connectivity index (χ4v) is 4.38. The molecule has 2 fully saturated rings. The Bertz CT molecular complexity index is 1250. The average molecular weight is 415 g/mol. The molecule has 5 rings (SSSR count). The van der Waals surface area contributed by atoms with Crippen LogP contribution in [0.5, 0.6) is 0 Å². The highest BCUT2D eigenvalue weighted by molar-refractivity contribution is 5.94. The lowest BCUT2D eigenvalue weighted by Gasteiger charge is -2.22. The van der Waals surface area contributed by atoms with Crippen LogP contribution in [-0.4, -0.2) is 44.1 Å². The predicted molar refractivity (Wildman–Crippen MR) is 104 cm³/mol. The van der Waals surface area contributed by atoms with E-state index in [1.807, 2.05) is 6.92 Å². The number of rotatable bonds is 4. The second-order valence-electron chi connectivity index (χ2n) is 7.96. The Balaban J connectivity index is 1.65. The van der Waals surface area contributed by atoms with Crippen molar-refractivity contribution in [2.24, 2.45) is 0 Å². The summed E-state index contributed by atoms with van der Waals surface area (Å²) in [5.74, 6) is -3.13. The minimum Gasteiger partial charge on any atom is -0.477 e. The second kappa shape index (κ2) is 6.61. The number of aryl methyl sites for hydroxylation is 1. The first-order valence-electron chi connectivity index (χ1n) is 9.79. The van der Waals surface area contributed by atoms with Gasteiger partial charge in [0.05, 0.1) is 22.3 Å². The van der Waals surface area contributed by atoms with Crippen molar-refractivity contribution in [3.63, 3.8) is 0 Å². The van der Waals surface area contributed by atoms with E-state index in [4.69, 9.17) is 0 Å². The van der Waals surface area contributed by atoms with Gasteiger partial charge in [-0.1, -0.05) is 0 Å². The number of carboxylic acid groups (broad SMARTS) is 1. The maximum absolute atomic E-state index is 15.7. The number of benzene rings is 1. The number of anilines is 1. The first kappa shape index (κ1) is 18.7. The third-order valence-corrected chi connectivity index (χ3v) is 6.00. The summed E-state index contributed by atoms with van der Waals surface area (Å²) in [4.78, 5) is 25.7. The SMILES string of the molecule is Cc1n[nH]nc1C1CCN(c2c(F)cc3c(=O)c(C(=O)O)cn(C4CC4)c3c2F)C1. The maximum atomic E-state index is 15.7. The zero-order chi connectivity index (χ0) is 21.2. The van der Waals surface area contributed by atoms with Crippen molar-refractivity contribution in [1.82, 2.24) is 20.0 Å². The van der Waals surface area contributed by atoms with Crippen molar-refractivity contribution in [3.05, 3.63) is 51.1 Å². The summed E-state index contributed by atoms with van der Waals surface area (Å²) in [6.45, 7) is 2.62. The number of fused-ring (bicyclic) bond motifs is 1. The van der Waals surface area contributed by atoms with Crippen LogP contribution in [0, 0.1) is 18.6 Å². The molecule has 3 aromatic rings. The monoisotopic (exact) mass is 415 g/mol. The summed E-state index contributed by atoms with van der Waals surface area (Å²) in [6, 6.07) is 0.874. The summed E-state index contributed by atoms with van der Waals surface area (Å²) in [5, 5.41) is 19.8. The standard InChI is InChI=1S/C20H19F2N5O3/c1-9-16(24-25-23-9)10-4-5-26(7-10)18-14(21)6-12-17(15(18)22)27(11-2-3-11)8-13(19(12)28)20(29)30/h6,8,10-11H,2-5,7H2,1H3,(H,29,30)(H,23,24,25). The van der Waals surface area contributed by atoms with Gasteiger partial charge in [0.2, 0.25) is 5.43 Å². The van der Waals surface area contributed by atoms with Crippen LogP contribution >= 0.6 is 0 Å². The van der Waals surface area contributed by atoms with Crippen molar-refractivity contribution >= 4 is 22.6 Å². The molecule has 30 heavy (non-hydrogen) atoms. The maximum Gasteiger partial charge on any atom is 0.341 e. The lowest BCUT2D eigenvalue weighted by molar-refractivity contribution is 0.0694. The van der Waals surface area contributed by atoms with Crippen LogP contribution in [0.2, 0.25) is 0 Å². The van der Waals surface area contributed by atoms with E-state index in [2.05, 4.69) is 15.4 Å². The molecular weight excluding hydrogens is 396 g/mol. The van der Waals surface area contributed by atoms with Gasteiger partial charge >= 0.3 is 5.97 Å². The topological polar surface area (TPSA) is 104 Å². The van der Waals surface area contributed by atoms with Crippen molar-refractivity contribution in [2.75, 3.05) is 18.0 Å². The normalized spacial score (nSPS) is 19.0. The quantitative estimate of drug-likeness (QED) is 0.679. The average Bonchev–Trinajstić information content (AvgIpc) is 3.28. The lowest BCUT2D eigenvalue weighted by Crippen LogP contribution is -2.24. The van der Waals surface area contributed by atoms with Crippen molar-refractivity contribution in [2.45, 2.75) is 38.1 Å². The van der Waals surface area contributed by atoms with Crippen LogP contribution in [0.4, 0.5) is 14.5 Å². The van der Waals surface area contributed by atoms with E-state index >= 15 is 8.78 Å². The molecule has 2 N–H and O–H groups in total. The molecule has 1 unspecified atom stereocenters. The summed E-state index contributed by atoms with van der Waals surface area (Å²) in [5.41, 5.74) is -0.0573. The van der Waals surface area contributed by atoms with Gasteiger partial charge in [-0.3, -0.25) is 4.79 Å². The number of H-pyrrole nitrogens is 1. The first-order chi connectivity index (χ1) is 14.4. The van der Waals surface area contributed by atoms with Crippen LogP contribution < -0.4 is 10.3 Å². The number of aromatic carboxylic acids is 1. The first-order valence-corrected chi connectivity index (χ1v) is 9.79. The van der Waals surface area contributed by atoms with E-state index in [1.165, 1.54) is 10.8 Å². The molecule has 2 aliphatic rings. The van der Waals surface area contributed by atoms with Crippen molar-refractivity contribution < 1.29 is 18.7 Å². The van der Waals surface area contributed by atoms with E-state index < -0.39 is 28.6 Å². The van der Waals surface area contributed by atoms with Gasteiger partial charge in [-0.2, -0.15) is 15.4 Å². The number of aromatic nitrogens is 4. The fourth-order valence-electron chi connectivity index (χ4n) is 4.38. The molecule has 1 saturated carbocycles. The molecule has 0 bridgehead atoms. The number of carbonyl (C=O) groups is 1. The zero-order valence-corrected chi connectivity index (χ0v) is 16.2. The number of pyridine rings is 1. The number of aromatic amines is 1. The molecule has 8 nitrogen and oxygen atoms in total. The molecule has 0 amide bonds. The molecule has 10 heteroatoms. The Hall–Kier alpha value is -3.30. The van der Waals surface area contributed by atoms with Crippen molar-refractivity contribution in [1.29, 1.82) is 0 Å². The second-order valence-corrected chi connectivity index (χ2v) is 7.96. The van der Waals surface area contributed by atoms with Crippen LogP contribution in [0.3, 0.4) is 0 Å². The smallest absolute Gasteiger partial charge is 0.341 e. The Kier molecular flexibility index (Phi) is 4.12. The third-order valence-electron chi connectivity index (χ3n) is 6.00. The van der Waals surface area contributed by atoms with Crippen LogP contribution in [0.15, 0.2) is 17.1 Å². The molecule has 1 atom stereocenters. The molecule has 1 aliphatic carbocycles. The Morgan fingerprint density at radius 1 is 1.27 bits per heavy atom. The van der Waals surface area contributed by atoms with Gasteiger partial charge in [0.15, 0.2) is 5.82 Å². The lowest BCUT2D eigenvalue weighted by atomic mass is 10.0. The number of halogens is 2. The van der Waals surface area contributed by atoms with E-state index in [0.717, 1.165) is 30.3 Å². The van der Waals surface area contributed by atoms with Gasteiger partial charge in [0.1, 0.15) is 17.1 Å². The number of carboxylic acids is 1. The number of nitrogens with zero attached hydrogens (tertiary/aromatic N) is 4. The van der Waals surface area contributed by atoms with E-state index in [1.54, 1.807) is 4.90 Å². The van der Waals surface area contributed by atoms with Crippen LogP contribution in [0.1, 0.15) is 53.0 Å². The molecule has 0 spiro atoms. The minimum absolute atomic E-state index is 0.0155. The summed E-state index contributed by atoms with van der Waals surface area (Å²) < 4.78 is 32.2. The molecule has 156 valence electrons. The third kappa shape index (κ3) is 2.78. The van der Waals surface area contributed by atoms with Crippen molar-refractivity contribution in [3.8, 4) is 0 Å². The molecule has 2 aromatic heterocycles. The molecule has 1 aliphatic heterocycles. The predicted octanol–water partition coefficient (Wildman–Crippen LogP) is 2.73. The molecule has 1 aromatic carbocycles. The molecule has 1 saturated heterocycles. The van der Waals surface area contributed by atoms with E-state index in [9.17, 15) is 14.7 Å². The number of nitrogens with one attached hydrogen (secondary N) is 1.